The molecule has 1 saturated heterocycles. The average molecular weight is 524 g/mol. The third kappa shape index (κ3) is 5.82. The largest absolute Gasteiger partial charge is 0.497 e. The van der Waals surface area contributed by atoms with Crippen molar-refractivity contribution in [3.63, 3.8) is 0 Å². The fourth-order valence-corrected chi connectivity index (χ4v) is 5.33. The first-order valence-electron chi connectivity index (χ1n) is 11.4. The molecule has 0 aromatic heterocycles. The van der Waals surface area contributed by atoms with E-state index < -0.39 is 27.9 Å². The van der Waals surface area contributed by atoms with Crippen LogP contribution in [0.4, 0.5) is 0 Å². The Kier molecular flexibility index (Phi) is 7.61. The summed E-state index contributed by atoms with van der Waals surface area (Å²) in [5, 5.41) is 10.8. The Morgan fingerprint density at radius 3 is 2.62 bits per heavy atom. The lowest BCUT2D eigenvalue weighted by molar-refractivity contribution is -0.143. The Morgan fingerprint density at radius 1 is 1.11 bits per heavy atom. The number of carbonyl (C=O) groups is 2. The highest BCUT2D eigenvalue weighted by Crippen LogP contribution is 2.27. The molecule has 1 N–H and O–H groups in total. The summed E-state index contributed by atoms with van der Waals surface area (Å²) in [6, 6.07) is 15.8. The molecule has 0 bridgehead atoms. The van der Waals surface area contributed by atoms with Crippen molar-refractivity contribution in [3.05, 3.63) is 65.7 Å². The minimum absolute atomic E-state index is 0.0414. The van der Waals surface area contributed by atoms with E-state index in [1.165, 1.54) is 37.3 Å². The van der Waals surface area contributed by atoms with Crippen LogP contribution in [-0.2, 0) is 30.9 Å². The molecule has 192 valence electrons. The zero-order valence-electron chi connectivity index (χ0n) is 20.3. The standard InChI is InChI=1S/C26H25N3O7S/c1-34-21-6-4-18-5-7-22(13-19(18)12-21)37(32,33)28-23-9-10-29(26(23)31)15-20-11-17(14-27)3-8-24(20)36-16-25(30)35-2/h3-8,11-13,23,28H,9-10,15-16H2,1-2H3. The number of esters is 1. The smallest absolute Gasteiger partial charge is 0.343 e. The summed E-state index contributed by atoms with van der Waals surface area (Å²) >= 11 is 0. The summed E-state index contributed by atoms with van der Waals surface area (Å²) in [4.78, 5) is 26.1. The summed E-state index contributed by atoms with van der Waals surface area (Å²) in [5.74, 6) is -0.0404. The predicted molar refractivity (Wildman–Crippen MR) is 133 cm³/mol. The zero-order valence-corrected chi connectivity index (χ0v) is 21.1. The summed E-state index contributed by atoms with van der Waals surface area (Å²) in [6.07, 6.45) is 0.274. The van der Waals surface area contributed by atoms with Gasteiger partial charge in [-0.15, -0.1) is 0 Å². The summed E-state index contributed by atoms with van der Waals surface area (Å²) in [6.45, 7) is 0.0520. The maximum Gasteiger partial charge on any atom is 0.343 e. The average Bonchev–Trinajstić information content (AvgIpc) is 3.24. The summed E-state index contributed by atoms with van der Waals surface area (Å²) in [7, 11) is -1.21. The van der Waals surface area contributed by atoms with Gasteiger partial charge in [0, 0.05) is 18.7 Å². The van der Waals surface area contributed by atoms with Gasteiger partial charge >= 0.3 is 5.97 Å². The van der Waals surface area contributed by atoms with Crippen LogP contribution in [0.1, 0.15) is 17.5 Å². The normalized spacial score (nSPS) is 15.4. The second-order valence-corrected chi connectivity index (χ2v) is 10.1. The molecule has 1 atom stereocenters. The first-order chi connectivity index (χ1) is 17.7. The molecule has 0 saturated carbocycles. The fourth-order valence-electron chi connectivity index (χ4n) is 4.07. The van der Waals surface area contributed by atoms with Gasteiger partial charge in [0.05, 0.1) is 30.7 Å². The Labute approximate surface area is 214 Å². The van der Waals surface area contributed by atoms with E-state index in [1.54, 1.807) is 30.3 Å². The summed E-state index contributed by atoms with van der Waals surface area (Å²) < 4.78 is 44.0. The van der Waals surface area contributed by atoms with Crippen LogP contribution in [0.5, 0.6) is 11.5 Å². The van der Waals surface area contributed by atoms with E-state index >= 15 is 0 Å². The molecule has 1 aliphatic heterocycles. The SMILES string of the molecule is COC(=O)COc1ccc(C#N)cc1CN1CCC(NS(=O)(=O)c2ccc3ccc(OC)cc3c2)C1=O. The van der Waals surface area contributed by atoms with Crippen molar-refractivity contribution >= 4 is 32.7 Å². The van der Waals surface area contributed by atoms with E-state index in [-0.39, 0.29) is 24.5 Å². The number of ether oxygens (including phenoxy) is 3. The van der Waals surface area contributed by atoms with Crippen LogP contribution in [0.3, 0.4) is 0 Å². The van der Waals surface area contributed by atoms with Gasteiger partial charge in [0.1, 0.15) is 17.5 Å². The number of sulfonamides is 1. The van der Waals surface area contributed by atoms with Gasteiger partial charge in [-0.25, -0.2) is 13.2 Å². The number of hydrogen-bond acceptors (Lipinski definition) is 8. The molecular formula is C26H25N3O7S. The molecule has 1 amide bonds. The molecule has 0 spiro atoms. The maximum atomic E-state index is 13.1. The van der Waals surface area contributed by atoms with E-state index in [1.807, 2.05) is 12.1 Å². The maximum absolute atomic E-state index is 13.1. The molecule has 3 aromatic carbocycles. The molecule has 3 aromatic rings. The predicted octanol–water partition coefficient (Wildman–Crippen LogP) is 2.35. The second-order valence-electron chi connectivity index (χ2n) is 8.40. The third-order valence-electron chi connectivity index (χ3n) is 6.05. The molecular weight excluding hydrogens is 498 g/mol. The van der Waals surface area contributed by atoms with Crippen LogP contribution in [0.2, 0.25) is 0 Å². The first kappa shape index (κ1) is 25.9. The fraction of sp³-hybridized carbons (Fsp3) is 0.269. The first-order valence-corrected chi connectivity index (χ1v) is 12.8. The zero-order chi connectivity index (χ0) is 26.6. The van der Waals surface area contributed by atoms with E-state index in [0.717, 1.165) is 5.39 Å². The molecule has 10 nitrogen and oxygen atoms in total. The van der Waals surface area contributed by atoms with Gasteiger partial charge in [-0.2, -0.15) is 9.98 Å². The van der Waals surface area contributed by atoms with Crippen LogP contribution < -0.4 is 14.2 Å². The summed E-state index contributed by atoms with van der Waals surface area (Å²) in [5.41, 5.74) is 0.875. The Morgan fingerprint density at radius 2 is 1.89 bits per heavy atom. The lowest BCUT2D eigenvalue weighted by Gasteiger charge is -2.19. The van der Waals surface area contributed by atoms with Gasteiger partial charge < -0.3 is 19.1 Å². The van der Waals surface area contributed by atoms with Crippen LogP contribution >= 0.6 is 0 Å². The van der Waals surface area contributed by atoms with Crippen molar-refractivity contribution < 1.29 is 32.2 Å². The molecule has 4 rings (SSSR count). The quantitative estimate of drug-likeness (QED) is 0.422. The number of carbonyl (C=O) groups excluding carboxylic acids is 2. The topological polar surface area (TPSA) is 135 Å². The van der Waals surface area contributed by atoms with Crippen molar-refractivity contribution in [1.82, 2.24) is 9.62 Å². The van der Waals surface area contributed by atoms with Crippen molar-refractivity contribution in [1.29, 1.82) is 5.26 Å². The second kappa shape index (κ2) is 10.9. The number of amides is 1. The van der Waals surface area contributed by atoms with Crippen LogP contribution in [0.15, 0.2) is 59.5 Å². The molecule has 1 aliphatic rings. The van der Waals surface area contributed by atoms with E-state index in [4.69, 9.17) is 9.47 Å². The number of rotatable bonds is 9. The van der Waals surface area contributed by atoms with Crippen LogP contribution in [0.25, 0.3) is 10.8 Å². The van der Waals surface area contributed by atoms with Crippen molar-refractivity contribution in [3.8, 4) is 17.6 Å². The van der Waals surface area contributed by atoms with Crippen molar-refractivity contribution in [2.75, 3.05) is 27.4 Å². The monoisotopic (exact) mass is 523 g/mol. The number of nitriles is 1. The molecule has 1 heterocycles. The molecule has 11 heteroatoms. The van der Waals surface area contributed by atoms with Gasteiger partial charge in [-0.05, 0) is 59.7 Å². The number of nitrogens with zero attached hydrogens (tertiary/aromatic N) is 2. The van der Waals surface area contributed by atoms with Gasteiger partial charge in [-0.3, -0.25) is 4.79 Å². The lowest BCUT2D eigenvalue weighted by Crippen LogP contribution is -2.41. The number of likely N-dealkylation sites (tertiary alicyclic amines) is 1. The Bertz CT molecular complexity index is 1500. The third-order valence-corrected chi connectivity index (χ3v) is 7.52. The molecule has 0 aliphatic carbocycles. The number of hydrogen-bond donors (Lipinski definition) is 1. The van der Waals surface area contributed by atoms with E-state index in [9.17, 15) is 23.3 Å². The highest BCUT2D eigenvalue weighted by molar-refractivity contribution is 7.89. The number of nitrogens with one attached hydrogen (secondary N) is 1. The lowest BCUT2D eigenvalue weighted by atomic mass is 10.1. The Balaban J connectivity index is 1.49. The molecule has 0 radical (unpaired) electrons. The minimum atomic E-state index is -3.98. The van der Waals surface area contributed by atoms with Gasteiger partial charge in [-0.1, -0.05) is 12.1 Å². The highest BCUT2D eigenvalue weighted by atomic mass is 32.2. The van der Waals surface area contributed by atoms with E-state index in [0.29, 0.717) is 34.6 Å². The van der Waals surface area contributed by atoms with Gasteiger partial charge in [0.2, 0.25) is 15.9 Å². The van der Waals surface area contributed by atoms with Crippen LogP contribution in [-0.4, -0.2) is 58.6 Å². The number of methoxy groups -OCH3 is 2. The molecule has 37 heavy (non-hydrogen) atoms. The molecule has 1 fully saturated rings. The molecule has 1 unspecified atom stereocenters. The van der Waals surface area contributed by atoms with Crippen molar-refractivity contribution in [2.45, 2.75) is 23.9 Å². The van der Waals surface area contributed by atoms with Gasteiger partial charge in [0.15, 0.2) is 6.61 Å². The van der Waals surface area contributed by atoms with Crippen LogP contribution in [0, 0.1) is 11.3 Å². The van der Waals surface area contributed by atoms with Crippen molar-refractivity contribution in [2.24, 2.45) is 0 Å². The number of fused-ring (bicyclic) bond motifs is 1. The highest BCUT2D eigenvalue weighted by Gasteiger charge is 2.35. The van der Waals surface area contributed by atoms with E-state index in [2.05, 4.69) is 9.46 Å². The van der Waals surface area contributed by atoms with Gasteiger partial charge in [0.25, 0.3) is 0 Å². The number of benzene rings is 3. The minimum Gasteiger partial charge on any atom is -0.497 e. The Hall–Kier alpha value is -4.14.